The van der Waals surface area contributed by atoms with Gasteiger partial charge in [0.05, 0.1) is 6.42 Å². The van der Waals surface area contributed by atoms with E-state index in [1.165, 1.54) is 19.3 Å². The minimum absolute atomic E-state index is 0.175. The first kappa shape index (κ1) is 16.3. The lowest BCUT2D eigenvalue weighted by Gasteiger charge is -2.23. The molecule has 0 saturated heterocycles. The van der Waals surface area contributed by atoms with Crippen molar-refractivity contribution in [2.24, 2.45) is 0 Å². The summed E-state index contributed by atoms with van der Waals surface area (Å²) in [6.07, 6.45) is 5.14. The molecule has 0 spiro atoms. The molecule has 2 heteroatoms. The largest absolute Gasteiger partial charge is 0.312 e. The van der Waals surface area contributed by atoms with Crippen LogP contribution in [0.5, 0.6) is 0 Å². The van der Waals surface area contributed by atoms with E-state index >= 15 is 0 Å². The molecular weight excluding hydrogens is 270 g/mol. The van der Waals surface area contributed by atoms with E-state index in [2.05, 4.69) is 6.92 Å². The van der Waals surface area contributed by atoms with E-state index in [1.807, 2.05) is 65.6 Å². The Labute approximate surface area is 133 Å². The molecule has 0 unspecified atom stereocenters. The lowest BCUT2D eigenvalue weighted by atomic mass is 10.1. The van der Waals surface area contributed by atoms with Crippen LogP contribution in [0.15, 0.2) is 60.7 Å². The molecule has 2 nitrogen and oxygen atoms in total. The third kappa shape index (κ3) is 5.03. The molecule has 0 saturated carbocycles. The van der Waals surface area contributed by atoms with Gasteiger partial charge in [0.25, 0.3) is 0 Å². The van der Waals surface area contributed by atoms with Gasteiger partial charge in [-0.1, -0.05) is 74.7 Å². The second-order valence-corrected chi connectivity index (χ2v) is 5.60. The Morgan fingerprint density at radius 2 is 1.50 bits per heavy atom. The normalized spacial score (nSPS) is 10.4. The van der Waals surface area contributed by atoms with Gasteiger partial charge in [0.15, 0.2) is 0 Å². The van der Waals surface area contributed by atoms with Gasteiger partial charge < -0.3 is 4.90 Å². The summed E-state index contributed by atoms with van der Waals surface area (Å²) in [6, 6.07) is 20.0. The smallest absolute Gasteiger partial charge is 0.231 e. The summed E-state index contributed by atoms with van der Waals surface area (Å²) >= 11 is 0. The average molecular weight is 295 g/mol. The van der Waals surface area contributed by atoms with Crippen LogP contribution in [0.1, 0.15) is 38.2 Å². The number of benzene rings is 2. The topological polar surface area (TPSA) is 20.3 Å². The fourth-order valence-electron chi connectivity index (χ4n) is 2.57. The van der Waals surface area contributed by atoms with Crippen molar-refractivity contribution in [3.63, 3.8) is 0 Å². The molecule has 22 heavy (non-hydrogen) atoms. The first-order valence-corrected chi connectivity index (χ1v) is 8.20. The maximum atomic E-state index is 12.7. The predicted octanol–water partition coefficient (Wildman–Crippen LogP) is 4.84. The van der Waals surface area contributed by atoms with E-state index in [-0.39, 0.29) is 5.91 Å². The van der Waals surface area contributed by atoms with Crippen LogP contribution in [0.2, 0.25) is 0 Å². The molecular formula is C20H25NO. The number of hydrogen-bond acceptors (Lipinski definition) is 1. The van der Waals surface area contributed by atoms with Crippen molar-refractivity contribution in [2.75, 3.05) is 11.4 Å². The Balaban J connectivity index is 2.04. The van der Waals surface area contributed by atoms with Gasteiger partial charge in [-0.3, -0.25) is 4.79 Å². The van der Waals surface area contributed by atoms with Crippen molar-refractivity contribution >= 4 is 11.6 Å². The molecule has 0 aromatic heterocycles. The molecule has 0 N–H and O–H groups in total. The maximum absolute atomic E-state index is 12.7. The summed E-state index contributed by atoms with van der Waals surface area (Å²) in [4.78, 5) is 14.6. The predicted molar refractivity (Wildman–Crippen MR) is 93.1 cm³/mol. The first-order chi connectivity index (χ1) is 10.8. The summed E-state index contributed by atoms with van der Waals surface area (Å²) in [5.41, 5.74) is 2.07. The SMILES string of the molecule is CCCCCCN(C(=O)Cc1ccccc1)c1ccccc1. The fraction of sp³-hybridized carbons (Fsp3) is 0.350. The molecule has 2 aromatic rings. The lowest BCUT2D eigenvalue weighted by Crippen LogP contribution is -2.33. The molecule has 0 atom stereocenters. The summed E-state index contributed by atoms with van der Waals surface area (Å²) < 4.78 is 0. The summed E-state index contributed by atoms with van der Waals surface area (Å²) in [7, 11) is 0. The number of amides is 1. The second kappa shape index (κ2) is 9.04. The zero-order valence-corrected chi connectivity index (χ0v) is 13.4. The zero-order chi connectivity index (χ0) is 15.6. The van der Waals surface area contributed by atoms with Crippen LogP contribution in [-0.4, -0.2) is 12.5 Å². The highest BCUT2D eigenvalue weighted by Gasteiger charge is 2.15. The van der Waals surface area contributed by atoms with Gasteiger partial charge in [0.1, 0.15) is 0 Å². The fourth-order valence-corrected chi connectivity index (χ4v) is 2.57. The molecule has 2 rings (SSSR count). The van der Waals surface area contributed by atoms with Crippen molar-refractivity contribution in [1.82, 2.24) is 0 Å². The molecule has 0 fully saturated rings. The van der Waals surface area contributed by atoms with Crippen molar-refractivity contribution in [1.29, 1.82) is 0 Å². The van der Waals surface area contributed by atoms with Crippen LogP contribution in [0.4, 0.5) is 5.69 Å². The Hall–Kier alpha value is -2.09. The first-order valence-electron chi connectivity index (χ1n) is 8.20. The van der Waals surface area contributed by atoms with Gasteiger partial charge in [0.2, 0.25) is 5.91 Å². The number of hydrogen-bond donors (Lipinski definition) is 0. The summed E-state index contributed by atoms with van der Waals surface area (Å²) in [5, 5.41) is 0. The van der Waals surface area contributed by atoms with Gasteiger partial charge in [0, 0.05) is 12.2 Å². The lowest BCUT2D eigenvalue weighted by molar-refractivity contribution is -0.118. The third-order valence-corrected chi connectivity index (χ3v) is 3.80. The number of rotatable bonds is 8. The molecule has 0 bridgehead atoms. The summed E-state index contributed by atoms with van der Waals surface area (Å²) in [5.74, 6) is 0.175. The van der Waals surface area contributed by atoms with Crippen molar-refractivity contribution < 1.29 is 4.79 Å². The van der Waals surface area contributed by atoms with Crippen LogP contribution in [0.3, 0.4) is 0 Å². The van der Waals surface area contributed by atoms with E-state index in [0.717, 1.165) is 24.2 Å². The molecule has 0 aliphatic carbocycles. The number of carbonyl (C=O) groups is 1. The Morgan fingerprint density at radius 1 is 0.864 bits per heavy atom. The average Bonchev–Trinajstić information content (AvgIpc) is 2.56. The highest BCUT2D eigenvalue weighted by atomic mass is 16.2. The number of anilines is 1. The van der Waals surface area contributed by atoms with Crippen LogP contribution in [0.25, 0.3) is 0 Å². The molecule has 1 amide bonds. The minimum atomic E-state index is 0.175. The molecule has 2 aromatic carbocycles. The standard InChI is InChI=1S/C20H25NO/c1-2-3-4-11-16-21(19-14-9-6-10-15-19)20(22)17-18-12-7-5-8-13-18/h5-10,12-15H,2-4,11,16-17H2,1H3. The van der Waals surface area contributed by atoms with Gasteiger partial charge in [-0.05, 0) is 24.1 Å². The van der Waals surface area contributed by atoms with E-state index in [1.54, 1.807) is 0 Å². The van der Waals surface area contributed by atoms with Crippen molar-refractivity contribution in [2.45, 2.75) is 39.0 Å². The van der Waals surface area contributed by atoms with Gasteiger partial charge in [-0.15, -0.1) is 0 Å². The van der Waals surface area contributed by atoms with Crippen molar-refractivity contribution in [3.05, 3.63) is 66.2 Å². The van der Waals surface area contributed by atoms with E-state index in [9.17, 15) is 4.79 Å². The minimum Gasteiger partial charge on any atom is -0.312 e. The Bertz CT molecular complexity index is 550. The number of nitrogens with zero attached hydrogens (tertiary/aromatic N) is 1. The van der Waals surface area contributed by atoms with Gasteiger partial charge in [-0.25, -0.2) is 0 Å². The van der Waals surface area contributed by atoms with E-state index in [0.29, 0.717) is 6.42 Å². The summed E-state index contributed by atoms with van der Waals surface area (Å²) in [6.45, 7) is 3.01. The molecule has 0 radical (unpaired) electrons. The van der Waals surface area contributed by atoms with Gasteiger partial charge in [-0.2, -0.15) is 0 Å². The molecule has 0 heterocycles. The number of carbonyl (C=O) groups excluding carboxylic acids is 1. The highest BCUT2D eigenvalue weighted by molar-refractivity contribution is 5.94. The van der Waals surface area contributed by atoms with Crippen molar-refractivity contribution in [3.8, 4) is 0 Å². The number of para-hydroxylation sites is 1. The van der Waals surface area contributed by atoms with E-state index in [4.69, 9.17) is 0 Å². The monoisotopic (exact) mass is 295 g/mol. The van der Waals surface area contributed by atoms with Crippen LogP contribution >= 0.6 is 0 Å². The molecule has 0 aliphatic heterocycles. The molecule has 116 valence electrons. The van der Waals surface area contributed by atoms with Gasteiger partial charge >= 0.3 is 0 Å². The third-order valence-electron chi connectivity index (χ3n) is 3.80. The van der Waals surface area contributed by atoms with E-state index < -0.39 is 0 Å². The quantitative estimate of drug-likeness (QED) is 0.638. The second-order valence-electron chi connectivity index (χ2n) is 5.60. The van der Waals surface area contributed by atoms with Crippen LogP contribution in [-0.2, 0) is 11.2 Å². The molecule has 0 aliphatic rings. The van der Waals surface area contributed by atoms with Crippen LogP contribution < -0.4 is 4.90 Å². The Kier molecular flexibility index (Phi) is 6.69. The maximum Gasteiger partial charge on any atom is 0.231 e. The van der Waals surface area contributed by atoms with Crippen LogP contribution in [0, 0.1) is 0 Å². The number of unbranched alkanes of at least 4 members (excludes halogenated alkanes) is 3. The highest BCUT2D eigenvalue weighted by Crippen LogP contribution is 2.16. The Morgan fingerprint density at radius 3 is 2.14 bits per heavy atom. The zero-order valence-electron chi connectivity index (χ0n) is 13.4.